The lowest BCUT2D eigenvalue weighted by atomic mass is 9.87. The Bertz CT molecular complexity index is 321. The minimum absolute atomic E-state index is 0. The van der Waals surface area contributed by atoms with E-state index in [-0.39, 0.29) is 24.3 Å². The molecule has 0 N–H and O–H groups in total. The monoisotopic (exact) mass is 331 g/mol. The molecule has 0 amide bonds. The molecule has 0 aromatic rings. The van der Waals surface area contributed by atoms with E-state index in [1.165, 1.54) is 25.7 Å². The van der Waals surface area contributed by atoms with E-state index >= 15 is 0 Å². The van der Waals surface area contributed by atoms with Gasteiger partial charge in [0.15, 0.2) is 0 Å². The van der Waals surface area contributed by atoms with Crippen molar-refractivity contribution in [1.82, 2.24) is 4.90 Å². The molecule has 0 aromatic heterocycles. The second kappa shape index (κ2) is 9.77. The van der Waals surface area contributed by atoms with Crippen LogP contribution in [0.15, 0.2) is 0 Å². The van der Waals surface area contributed by atoms with Crippen molar-refractivity contribution >= 4 is 18.4 Å². The van der Waals surface area contributed by atoms with Crippen LogP contribution in [0.3, 0.4) is 0 Å². The molecule has 0 aromatic carbocycles. The molecule has 3 unspecified atom stereocenters. The van der Waals surface area contributed by atoms with Crippen LogP contribution < -0.4 is 0 Å². The third-order valence-corrected chi connectivity index (χ3v) is 5.59. The van der Waals surface area contributed by atoms with Crippen LogP contribution in [0, 0.1) is 23.7 Å². The molecular weight excluding hydrogens is 298 g/mol. The van der Waals surface area contributed by atoms with Gasteiger partial charge in [0.1, 0.15) is 6.61 Å². The Labute approximate surface area is 142 Å². The van der Waals surface area contributed by atoms with Crippen LogP contribution in [-0.2, 0) is 9.53 Å². The molecule has 4 heteroatoms. The van der Waals surface area contributed by atoms with E-state index in [4.69, 9.17) is 4.74 Å². The topological polar surface area (TPSA) is 29.5 Å². The van der Waals surface area contributed by atoms with Crippen molar-refractivity contribution in [2.45, 2.75) is 59.3 Å². The minimum Gasteiger partial charge on any atom is -0.464 e. The molecule has 1 aliphatic carbocycles. The average Bonchev–Trinajstić information content (AvgIpc) is 3.07. The molecule has 130 valence electrons. The lowest BCUT2D eigenvalue weighted by molar-refractivity contribution is -0.151. The highest BCUT2D eigenvalue weighted by molar-refractivity contribution is 5.85. The van der Waals surface area contributed by atoms with Gasteiger partial charge in [0.2, 0.25) is 0 Å². The van der Waals surface area contributed by atoms with Crippen LogP contribution in [0.25, 0.3) is 0 Å². The molecule has 1 aliphatic heterocycles. The van der Waals surface area contributed by atoms with Crippen molar-refractivity contribution < 1.29 is 9.53 Å². The Kier molecular flexibility index (Phi) is 8.78. The SMILES string of the molecule is CCCC(C(=O)OCCN1CC(C)C(C)C1)C1CCCC1.Cl. The first kappa shape index (κ1) is 19.8. The van der Waals surface area contributed by atoms with Gasteiger partial charge >= 0.3 is 5.97 Å². The second-order valence-electron chi connectivity index (χ2n) is 7.32. The Morgan fingerprint density at radius 2 is 1.77 bits per heavy atom. The molecule has 2 aliphatic rings. The van der Waals surface area contributed by atoms with Gasteiger partial charge in [-0.15, -0.1) is 12.4 Å². The number of likely N-dealkylation sites (tertiary alicyclic amines) is 1. The van der Waals surface area contributed by atoms with Crippen LogP contribution in [0.4, 0.5) is 0 Å². The van der Waals surface area contributed by atoms with Crippen molar-refractivity contribution in [1.29, 1.82) is 0 Å². The van der Waals surface area contributed by atoms with Crippen LogP contribution in [0.2, 0.25) is 0 Å². The number of nitrogens with zero attached hydrogens (tertiary/aromatic N) is 1. The summed E-state index contributed by atoms with van der Waals surface area (Å²) in [4.78, 5) is 14.8. The summed E-state index contributed by atoms with van der Waals surface area (Å²) in [6, 6.07) is 0. The first-order valence-electron chi connectivity index (χ1n) is 9.00. The van der Waals surface area contributed by atoms with Crippen molar-refractivity contribution in [2.24, 2.45) is 23.7 Å². The van der Waals surface area contributed by atoms with Gasteiger partial charge in [-0.1, -0.05) is 40.0 Å². The summed E-state index contributed by atoms with van der Waals surface area (Å²) in [5, 5.41) is 0. The Morgan fingerprint density at radius 3 is 2.32 bits per heavy atom. The Morgan fingerprint density at radius 1 is 1.18 bits per heavy atom. The summed E-state index contributed by atoms with van der Waals surface area (Å²) in [7, 11) is 0. The molecule has 22 heavy (non-hydrogen) atoms. The highest BCUT2D eigenvalue weighted by atomic mass is 35.5. The third-order valence-electron chi connectivity index (χ3n) is 5.59. The summed E-state index contributed by atoms with van der Waals surface area (Å²) < 4.78 is 5.62. The van der Waals surface area contributed by atoms with Gasteiger partial charge in [-0.3, -0.25) is 9.69 Å². The fraction of sp³-hybridized carbons (Fsp3) is 0.944. The fourth-order valence-electron chi connectivity index (χ4n) is 4.03. The molecule has 3 nitrogen and oxygen atoms in total. The van der Waals surface area contributed by atoms with Gasteiger partial charge in [0.05, 0.1) is 5.92 Å². The van der Waals surface area contributed by atoms with Crippen LogP contribution in [0.5, 0.6) is 0 Å². The van der Waals surface area contributed by atoms with Crippen molar-refractivity contribution in [3.05, 3.63) is 0 Å². The Balaban J connectivity index is 0.00000242. The van der Waals surface area contributed by atoms with Crippen LogP contribution >= 0.6 is 12.4 Å². The first-order chi connectivity index (χ1) is 10.1. The quantitative estimate of drug-likeness (QED) is 0.656. The maximum absolute atomic E-state index is 12.4. The van der Waals surface area contributed by atoms with E-state index in [2.05, 4.69) is 25.7 Å². The summed E-state index contributed by atoms with van der Waals surface area (Å²) in [6.45, 7) is 10.6. The maximum atomic E-state index is 12.4. The zero-order chi connectivity index (χ0) is 15.2. The molecular formula is C18H34ClNO2. The number of hydrogen-bond acceptors (Lipinski definition) is 3. The zero-order valence-corrected chi connectivity index (χ0v) is 15.4. The summed E-state index contributed by atoms with van der Waals surface area (Å²) >= 11 is 0. The molecule has 1 heterocycles. The Hall–Kier alpha value is -0.280. The number of carbonyl (C=O) groups excluding carboxylic acids is 1. The molecule has 0 radical (unpaired) electrons. The number of carbonyl (C=O) groups is 1. The van der Waals surface area contributed by atoms with Gasteiger partial charge in [-0.05, 0) is 37.0 Å². The highest BCUT2D eigenvalue weighted by Crippen LogP contribution is 2.34. The largest absolute Gasteiger partial charge is 0.464 e. The fourth-order valence-corrected chi connectivity index (χ4v) is 4.03. The van der Waals surface area contributed by atoms with E-state index in [0.717, 1.165) is 44.3 Å². The van der Waals surface area contributed by atoms with Crippen molar-refractivity contribution in [3.63, 3.8) is 0 Å². The smallest absolute Gasteiger partial charge is 0.309 e. The second-order valence-corrected chi connectivity index (χ2v) is 7.32. The zero-order valence-electron chi connectivity index (χ0n) is 14.6. The number of hydrogen-bond donors (Lipinski definition) is 0. The third kappa shape index (κ3) is 5.42. The van der Waals surface area contributed by atoms with Gasteiger partial charge in [0.25, 0.3) is 0 Å². The predicted molar refractivity (Wildman–Crippen MR) is 93.3 cm³/mol. The van der Waals surface area contributed by atoms with E-state index in [9.17, 15) is 4.79 Å². The first-order valence-corrected chi connectivity index (χ1v) is 9.00. The van der Waals surface area contributed by atoms with E-state index in [1.54, 1.807) is 0 Å². The predicted octanol–water partition coefficient (Wildman–Crippen LogP) is 4.15. The number of halogens is 1. The van der Waals surface area contributed by atoms with Gasteiger partial charge in [-0.25, -0.2) is 0 Å². The van der Waals surface area contributed by atoms with Gasteiger partial charge < -0.3 is 4.74 Å². The molecule has 2 rings (SSSR count). The van der Waals surface area contributed by atoms with Crippen LogP contribution in [-0.4, -0.2) is 37.1 Å². The minimum atomic E-state index is 0. The molecule has 3 atom stereocenters. The summed E-state index contributed by atoms with van der Waals surface area (Å²) in [5.74, 6) is 2.36. The van der Waals surface area contributed by atoms with E-state index in [1.807, 2.05) is 0 Å². The van der Waals surface area contributed by atoms with E-state index < -0.39 is 0 Å². The maximum Gasteiger partial charge on any atom is 0.309 e. The molecule has 0 spiro atoms. The number of rotatable bonds is 7. The van der Waals surface area contributed by atoms with E-state index in [0.29, 0.717) is 12.5 Å². The van der Waals surface area contributed by atoms with Crippen molar-refractivity contribution in [2.75, 3.05) is 26.2 Å². The molecule has 0 bridgehead atoms. The van der Waals surface area contributed by atoms with Gasteiger partial charge in [0, 0.05) is 19.6 Å². The van der Waals surface area contributed by atoms with Crippen LogP contribution in [0.1, 0.15) is 59.3 Å². The molecule has 1 saturated carbocycles. The molecule has 2 fully saturated rings. The van der Waals surface area contributed by atoms with Gasteiger partial charge in [-0.2, -0.15) is 0 Å². The summed E-state index contributed by atoms with van der Waals surface area (Å²) in [6.07, 6.45) is 7.12. The normalized spacial score (nSPS) is 27.6. The lowest BCUT2D eigenvalue weighted by Crippen LogP contribution is -2.30. The summed E-state index contributed by atoms with van der Waals surface area (Å²) in [5.41, 5.74) is 0. The number of ether oxygens (including phenoxy) is 1. The average molecular weight is 332 g/mol. The molecule has 1 saturated heterocycles. The number of esters is 1. The standard InChI is InChI=1S/C18H33NO2.ClH/c1-4-7-17(16-8-5-6-9-16)18(20)21-11-10-19-12-14(2)15(3)13-19;/h14-17H,4-13H2,1-3H3;1H. The van der Waals surface area contributed by atoms with Crippen molar-refractivity contribution in [3.8, 4) is 0 Å². The lowest BCUT2D eigenvalue weighted by Gasteiger charge is -2.22. The highest BCUT2D eigenvalue weighted by Gasteiger charge is 2.31.